The zero-order chi connectivity index (χ0) is 19.4. The van der Waals surface area contributed by atoms with E-state index < -0.39 is 0 Å². The summed E-state index contributed by atoms with van der Waals surface area (Å²) in [5, 5.41) is 4.17. The van der Waals surface area contributed by atoms with Gasteiger partial charge in [-0.25, -0.2) is 4.98 Å². The molecule has 2 aromatic heterocycles. The Balaban J connectivity index is 2.00. The zero-order valence-electron chi connectivity index (χ0n) is 15.3. The Morgan fingerprint density at radius 3 is 2.67 bits per heavy atom. The standard InChI is InChI=1S/C20H21ClN4O2/c1-24(2)11-10-23-19(26)17-12-15-4-3-9-22-18(15)25(20(17)27)13-14-5-7-16(21)8-6-14/h3-9,12H,10-11,13H2,1-2H3,(H,23,26). The number of nitrogens with zero attached hydrogens (tertiary/aromatic N) is 3. The van der Waals surface area contributed by atoms with Crippen LogP contribution in [0.1, 0.15) is 15.9 Å². The molecule has 0 radical (unpaired) electrons. The van der Waals surface area contributed by atoms with Crippen molar-refractivity contribution >= 4 is 28.5 Å². The van der Waals surface area contributed by atoms with Crippen molar-refractivity contribution in [2.75, 3.05) is 27.2 Å². The molecule has 0 unspecified atom stereocenters. The molecule has 0 saturated heterocycles. The van der Waals surface area contributed by atoms with Crippen LogP contribution >= 0.6 is 11.6 Å². The lowest BCUT2D eigenvalue weighted by Gasteiger charge is -2.13. The fraction of sp³-hybridized carbons (Fsp3) is 0.250. The molecular formula is C20H21ClN4O2. The molecule has 0 atom stereocenters. The molecule has 7 heteroatoms. The molecule has 27 heavy (non-hydrogen) atoms. The van der Waals surface area contributed by atoms with Gasteiger partial charge in [-0.3, -0.25) is 14.2 Å². The molecule has 0 fully saturated rings. The molecule has 1 aromatic carbocycles. The van der Waals surface area contributed by atoms with E-state index in [0.29, 0.717) is 30.3 Å². The molecule has 0 aliphatic rings. The second-order valence-corrected chi connectivity index (χ2v) is 6.99. The van der Waals surface area contributed by atoms with Crippen molar-refractivity contribution in [2.45, 2.75) is 6.54 Å². The van der Waals surface area contributed by atoms with Gasteiger partial charge in [0.15, 0.2) is 0 Å². The van der Waals surface area contributed by atoms with E-state index in [1.807, 2.05) is 37.2 Å². The summed E-state index contributed by atoms with van der Waals surface area (Å²) >= 11 is 5.94. The molecule has 0 aliphatic carbocycles. The third-order valence-electron chi connectivity index (χ3n) is 4.19. The van der Waals surface area contributed by atoms with Crippen LogP contribution in [0.25, 0.3) is 11.0 Å². The largest absolute Gasteiger partial charge is 0.351 e. The lowest BCUT2D eigenvalue weighted by atomic mass is 10.1. The number of fused-ring (bicyclic) bond motifs is 1. The highest BCUT2D eigenvalue weighted by Gasteiger charge is 2.16. The normalized spacial score (nSPS) is 11.1. The van der Waals surface area contributed by atoms with Gasteiger partial charge in [0.1, 0.15) is 11.2 Å². The maximum Gasteiger partial charge on any atom is 0.265 e. The number of likely N-dealkylation sites (N-methyl/N-ethyl adjacent to an activating group) is 1. The van der Waals surface area contributed by atoms with Gasteiger partial charge in [-0.2, -0.15) is 0 Å². The highest BCUT2D eigenvalue weighted by molar-refractivity contribution is 6.30. The van der Waals surface area contributed by atoms with E-state index in [1.165, 1.54) is 4.57 Å². The summed E-state index contributed by atoms with van der Waals surface area (Å²) < 4.78 is 1.53. The van der Waals surface area contributed by atoms with Crippen molar-refractivity contribution in [3.63, 3.8) is 0 Å². The molecule has 1 N–H and O–H groups in total. The average molecular weight is 385 g/mol. The van der Waals surface area contributed by atoms with Crippen molar-refractivity contribution in [3.8, 4) is 0 Å². The first-order valence-corrected chi connectivity index (χ1v) is 8.99. The van der Waals surface area contributed by atoms with E-state index >= 15 is 0 Å². The van der Waals surface area contributed by atoms with Gasteiger partial charge in [0.25, 0.3) is 11.5 Å². The Morgan fingerprint density at radius 1 is 1.22 bits per heavy atom. The SMILES string of the molecule is CN(C)CCNC(=O)c1cc2cccnc2n(Cc2ccc(Cl)cc2)c1=O. The van der Waals surface area contributed by atoms with Crippen LogP contribution in [0, 0.1) is 0 Å². The van der Waals surface area contributed by atoms with E-state index in [-0.39, 0.29) is 17.0 Å². The third-order valence-corrected chi connectivity index (χ3v) is 4.44. The Morgan fingerprint density at radius 2 is 1.96 bits per heavy atom. The third kappa shape index (κ3) is 4.53. The van der Waals surface area contributed by atoms with Crippen LogP contribution < -0.4 is 10.9 Å². The lowest BCUT2D eigenvalue weighted by molar-refractivity contribution is 0.0949. The monoisotopic (exact) mass is 384 g/mol. The zero-order valence-corrected chi connectivity index (χ0v) is 16.0. The van der Waals surface area contributed by atoms with Gasteiger partial charge in [0, 0.05) is 29.7 Å². The molecule has 3 rings (SSSR count). The van der Waals surface area contributed by atoms with Gasteiger partial charge in [-0.1, -0.05) is 23.7 Å². The fourth-order valence-corrected chi connectivity index (χ4v) is 2.90. The van der Waals surface area contributed by atoms with Crippen LogP contribution in [-0.4, -0.2) is 47.5 Å². The first kappa shape index (κ1) is 19.1. The molecule has 140 valence electrons. The highest BCUT2D eigenvalue weighted by Crippen LogP contribution is 2.15. The lowest BCUT2D eigenvalue weighted by Crippen LogP contribution is -2.36. The molecule has 1 amide bonds. The quantitative estimate of drug-likeness (QED) is 0.708. The molecule has 6 nitrogen and oxygen atoms in total. The van der Waals surface area contributed by atoms with Crippen LogP contribution in [0.2, 0.25) is 5.02 Å². The van der Waals surface area contributed by atoms with E-state index in [1.54, 1.807) is 30.5 Å². The summed E-state index contributed by atoms with van der Waals surface area (Å²) in [4.78, 5) is 31.9. The van der Waals surface area contributed by atoms with Gasteiger partial charge < -0.3 is 10.2 Å². The Kier molecular flexibility index (Phi) is 5.88. The van der Waals surface area contributed by atoms with Crippen molar-refractivity contribution in [3.05, 3.63) is 75.2 Å². The van der Waals surface area contributed by atoms with Crippen LogP contribution in [0.5, 0.6) is 0 Å². The van der Waals surface area contributed by atoms with Gasteiger partial charge in [-0.05, 0) is 50.0 Å². The maximum atomic E-state index is 13.0. The molecule has 3 aromatic rings. The van der Waals surface area contributed by atoms with E-state index in [9.17, 15) is 9.59 Å². The van der Waals surface area contributed by atoms with Crippen LogP contribution in [-0.2, 0) is 6.54 Å². The van der Waals surface area contributed by atoms with Crippen molar-refractivity contribution in [1.82, 2.24) is 19.8 Å². The summed E-state index contributed by atoms with van der Waals surface area (Å²) in [6.07, 6.45) is 1.64. The number of hydrogen-bond acceptors (Lipinski definition) is 4. The number of rotatable bonds is 6. The number of nitrogens with one attached hydrogen (secondary N) is 1. The second-order valence-electron chi connectivity index (χ2n) is 6.55. The van der Waals surface area contributed by atoms with Gasteiger partial charge in [0.2, 0.25) is 0 Å². The second kappa shape index (κ2) is 8.33. The first-order valence-electron chi connectivity index (χ1n) is 8.61. The van der Waals surface area contributed by atoms with Gasteiger partial charge in [-0.15, -0.1) is 0 Å². The van der Waals surface area contributed by atoms with E-state index in [2.05, 4.69) is 10.3 Å². The van der Waals surface area contributed by atoms with Crippen molar-refractivity contribution < 1.29 is 4.79 Å². The molecule has 0 spiro atoms. The molecule has 0 saturated carbocycles. The van der Waals surface area contributed by atoms with Gasteiger partial charge >= 0.3 is 0 Å². The Labute approximate surface area is 162 Å². The summed E-state index contributed by atoms with van der Waals surface area (Å²) in [6.45, 7) is 1.47. The molecular weight excluding hydrogens is 364 g/mol. The molecule has 0 bridgehead atoms. The Bertz CT molecular complexity index is 1010. The number of carbonyl (C=O) groups excluding carboxylic acids is 1. The summed E-state index contributed by atoms with van der Waals surface area (Å²) in [7, 11) is 3.85. The van der Waals surface area contributed by atoms with Crippen LogP contribution in [0.3, 0.4) is 0 Å². The van der Waals surface area contributed by atoms with Gasteiger partial charge in [0.05, 0.1) is 6.54 Å². The van der Waals surface area contributed by atoms with E-state index in [0.717, 1.165) is 10.9 Å². The number of amides is 1. The van der Waals surface area contributed by atoms with Crippen molar-refractivity contribution in [2.24, 2.45) is 0 Å². The smallest absolute Gasteiger partial charge is 0.265 e. The summed E-state index contributed by atoms with van der Waals surface area (Å²) in [5.41, 5.74) is 1.20. The Hall–Kier alpha value is -2.70. The maximum absolute atomic E-state index is 13.0. The topological polar surface area (TPSA) is 67.2 Å². The fourth-order valence-electron chi connectivity index (χ4n) is 2.78. The van der Waals surface area contributed by atoms with Crippen LogP contribution in [0.15, 0.2) is 53.5 Å². The number of pyridine rings is 2. The predicted molar refractivity (Wildman–Crippen MR) is 107 cm³/mol. The number of aromatic nitrogens is 2. The summed E-state index contributed by atoms with van der Waals surface area (Å²) in [5.74, 6) is -0.377. The number of carbonyl (C=O) groups is 1. The number of hydrogen-bond donors (Lipinski definition) is 1. The van der Waals surface area contributed by atoms with E-state index in [4.69, 9.17) is 11.6 Å². The highest BCUT2D eigenvalue weighted by atomic mass is 35.5. The number of halogens is 1. The minimum absolute atomic E-state index is 0.114. The minimum Gasteiger partial charge on any atom is -0.351 e. The first-order chi connectivity index (χ1) is 13.0. The summed E-state index contributed by atoms with van der Waals surface area (Å²) in [6, 6.07) is 12.5. The van der Waals surface area contributed by atoms with Crippen LogP contribution in [0.4, 0.5) is 0 Å². The number of benzene rings is 1. The molecule has 2 heterocycles. The molecule has 0 aliphatic heterocycles. The minimum atomic E-state index is -0.377. The average Bonchev–Trinajstić information content (AvgIpc) is 2.65. The van der Waals surface area contributed by atoms with Crippen molar-refractivity contribution in [1.29, 1.82) is 0 Å². The predicted octanol–water partition coefficient (Wildman–Crippen LogP) is 2.39.